The van der Waals surface area contributed by atoms with Crippen LogP contribution in [-0.4, -0.2) is 31.0 Å². The van der Waals surface area contributed by atoms with E-state index in [-0.39, 0.29) is 16.5 Å². The number of nitro benzene ring substituents is 1. The highest BCUT2D eigenvalue weighted by Gasteiger charge is 2.27. The number of aryl methyl sites for hydroxylation is 1. The smallest absolute Gasteiger partial charge is 0.293 e. The molecule has 0 radical (unpaired) electrons. The summed E-state index contributed by atoms with van der Waals surface area (Å²) in [5, 5.41) is 14.7. The number of ether oxygens (including phenoxy) is 1. The molecule has 1 aliphatic rings. The highest BCUT2D eigenvalue weighted by Crippen LogP contribution is 2.38. The van der Waals surface area contributed by atoms with E-state index in [1.807, 2.05) is 55.5 Å². The predicted molar refractivity (Wildman–Crippen MR) is 139 cm³/mol. The average Bonchev–Trinajstić information content (AvgIpc) is 2.88. The molecule has 0 unspecified atom stereocenters. The van der Waals surface area contributed by atoms with Gasteiger partial charge in [-0.3, -0.25) is 14.9 Å². The monoisotopic (exact) mass is 471 g/mol. The van der Waals surface area contributed by atoms with Gasteiger partial charge in [-0.25, -0.2) is 0 Å². The molecule has 3 aromatic rings. The quantitative estimate of drug-likeness (QED) is 0.262. The second kappa shape index (κ2) is 10.9. The van der Waals surface area contributed by atoms with Crippen molar-refractivity contribution in [2.24, 2.45) is 0 Å². The van der Waals surface area contributed by atoms with Crippen LogP contribution in [0.2, 0.25) is 0 Å². The number of carbonyl (C=O) groups is 1. The molecule has 1 aliphatic heterocycles. The number of nitrogens with zero attached hydrogens (tertiary/aromatic N) is 2. The zero-order chi connectivity index (χ0) is 24.8. The number of amides is 1. The van der Waals surface area contributed by atoms with Crippen molar-refractivity contribution in [3.05, 3.63) is 99.6 Å². The van der Waals surface area contributed by atoms with Gasteiger partial charge in [-0.1, -0.05) is 42.5 Å². The molecule has 7 nitrogen and oxygen atoms in total. The van der Waals surface area contributed by atoms with Crippen molar-refractivity contribution in [3.63, 3.8) is 0 Å². The van der Waals surface area contributed by atoms with Crippen LogP contribution in [0.15, 0.2) is 72.8 Å². The van der Waals surface area contributed by atoms with E-state index in [2.05, 4.69) is 16.3 Å². The number of para-hydroxylation sites is 2. The molecule has 0 atom stereocenters. The molecular formula is C28H29N3O4. The number of carbonyl (C=O) groups excluding carboxylic acids is 1. The van der Waals surface area contributed by atoms with Crippen LogP contribution in [-0.2, 0) is 4.79 Å². The molecule has 1 amide bonds. The van der Waals surface area contributed by atoms with Crippen molar-refractivity contribution in [2.75, 3.05) is 30.4 Å². The third-order valence-corrected chi connectivity index (χ3v) is 6.44. The molecule has 0 saturated carbocycles. The van der Waals surface area contributed by atoms with Crippen LogP contribution in [0.4, 0.5) is 17.1 Å². The third-order valence-electron chi connectivity index (χ3n) is 6.44. The molecular weight excluding hydrogens is 442 g/mol. The van der Waals surface area contributed by atoms with Gasteiger partial charge in [-0.05, 0) is 66.6 Å². The van der Waals surface area contributed by atoms with E-state index < -0.39 is 0 Å². The molecule has 180 valence electrons. The summed E-state index contributed by atoms with van der Waals surface area (Å²) >= 11 is 0. The highest BCUT2D eigenvalue weighted by molar-refractivity contribution is 6.02. The fourth-order valence-electron chi connectivity index (χ4n) is 4.55. The predicted octanol–water partition coefficient (Wildman–Crippen LogP) is 5.95. The normalized spacial score (nSPS) is 14.2. The van der Waals surface area contributed by atoms with Gasteiger partial charge in [0.1, 0.15) is 11.4 Å². The molecule has 3 aromatic carbocycles. The lowest BCUT2D eigenvalue weighted by molar-refractivity contribution is -0.384. The number of piperidine rings is 1. The summed E-state index contributed by atoms with van der Waals surface area (Å²) in [5.41, 5.74) is 4.14. The van der Waals surface area contributed by atoms with Crippen LogP contribution in [0, 0.1) is 17.0 Å². The van der Waals surface area contributed by atoms with Crippen molar-refractivity contribution in [2.45, 2.75) is 25.7 Å². The maximum absolute atomic E-state index is 12.3. The Kier molecular flexibility index (Phi) is 7.45. The lowest BCUT2D eigenvalue weighted by Gasteiger charge is -2.34. The highest BCUT2D eigenvalue weighted by atomic mass is 16.6. The van der Waals surface area contributed by atoms with Gasteiger partial charge in [-0.15, -0.1) is 0 Å². The van der Waals surface area contributed by atoms with Crippen molar-refractivity contribution in [1.82, 2.24) is 0 Å². The summed E-state index contributed by atoms with van der Waals surface area (Å²) in [5.74, 6) is 0.958. The summed E-state index contributed by atoms with van der Waals surface area (Å²) in [6.45, 7) is 3.36. The van der Waals surface area contributed by atoms with Crippen LogP contribution in [0.5, 0.6) is 5.75 Å². The first-order valence-corrected chi connectivity index (χ1v) is 11.7. The van der Waals surface area contributed by atoms with Gasteiger partial charge in [0.25, 0.3) is 5.69 Å². The Hall–Kier alpha value is -4.13. The lowest BCUT2D eigenvalue weighted by Crippen LogP contribution is -2.33. The van der Waals surface area contributed by atoms with Crippen LogP contribution < -0.4 is 15.0 Å². The topological polar surface area (TPSA) is 84.7 Å². The largest absolute Gasteiger partial charge is 0.496 e. The number of benzene rings is 3. The summed E-state index contributed by atoms with van der Waals surface area (Å²) in [6, 6.07) is 20.7. The molecule has 1 fully saturated rings. The van der Waals surface area contributed by atoms with Crippen LogP contribution in [0.1, 0.15) is 35.4 Å². The first kappa shape index (κ1) is 24.0. The Morgan fingerprint density at radius 1 is 1.09 bits per heavy atom. The first-order chi connectivity index (χ1) is 17.0. The maximum atomic E-state index is 12.3. The van der Waals surface area contributed by atoms with E-state index >= 15 is 0 Å². The Morgan fingerprint density at radius 2 is 1.80 bits per heavy atom. The van der Waals surface area contributed by atoms with Gasteiger partial charge in [0.2, 0.25) is 5.91 Å². The molecule has 0 spiro atoms. The molecule has 0 aliphatic carbocycles. The number of nitro groups is 1. The van der Waals surface area contributed by atoms with Crippen molar-refractivity contribution in [3.8, 4) is 5.75 Å². The second-order valence-electron chi connectivity index (χ2n) is 8.65. The van der Waals surface area contributed by atoms with Gasteiger partial charge >= 0.3 is 0 Å². The summed E-state index contributed by atoms with van der Waals surface area (Å²) in [4.78, 5) is 25.9. The van der Waals surface area contributed by atoms with Gasteiger partial charge in [0.15, 0.2) is 0 Å². The van der Waals surface area contributed by atoms with Crippen molar-refractivity contribution < 1.29 is 14.5 Å². The zero-order valence-electron chi connectivity index (χ0n) is 19.9. The number of rotatable bonds is 7. The van der Waals surface area contributed by atoms with Crippen LogP contribution in [0.3, 0.4) is 0 Å². The maximum Gasteiger partial charge on any atom is 0.293 e. The lowest BCUT2D eigenvalue weighted by atomic mass is 9.88. The van der Waals surface area contributed by atoms with E-state index in [1.165, 1.54) is 17.7 Å². The number of hydrogen-bond donors (Lipinski definition) is 1. The molecule has 4 rings (SSSR count). The van der Waals surface area contributed by atoms with E-state index in [4.69, 9.17) is 4.74 Å². The minimum absolute atomic E-state index is 0.0437. The van der Waals surface area contributed by atoms with Crippen molar-refractivity contribution >= 4 is 29.0 Å². The third kappa shape index (κ3) is 5.69. The van der Waals surface area contributed by atoms with Gasteiger partial charge in [-0.2, -0.15) is 0 Å². The average molecular weight is 472 g/mol. The van der Waals surface area contributed by atoms with Crippen LogP contribution >= 0.6 is 0 Å². The van der Waals surface area contributed by atoms with Gasteiger partial charge < -0.3 is 15.0 Å². The number of nitrogens with one attached hydrogen (secondary N) is 1. The van der Waals surface area contributed by atoms with E-state index in [1.54, 1.807) is 19.3 Å². The SMILES string of the molecule is COc1ccccc1C1CCN(c2ccc(C=CC(=O)Nc3ccccc3C)cc2[N+](=O)[O-])CC1. The fraction of sp³-hybridized carbons (Fsp3) is 0.250. The van der Waals surface area contributed by atoms with Gasteiger partial charge in [0, 0.05) is 30.9 Å². The van der Waals surface area contributed by atoms with Gasteiger partial charge in [0.05, 0.1) is 12.0 Å². The summed E-state index contributed by atoms with van der Waals surface area (Å²) < 4.78 is 5.51. The number of methoxy groups -OCH3 is 1. The zero-order valence-corrected chi connectivity index (χ0v) is 19.9. The molecule has 35 heavy (non-hydrogen) atoms. The number of anilines is 2. The first-order valence-electron chi connectivity index (χ1n) is 11.7. The van der Waals surface area contributed by atoms with Crippen LogP contribution in [0.25, 0.3) is 6.08 Å². The second-order valence-corrected chi connectivity index (χ2v) is 8.65. The molecule has 1 saturated heterocycles. The van der Waals surface area contributed by atoms with E-state index in [9.17, 15) is 14.9 Å². The van der Waals surface area contributed by atoms with Crippen molar-refractivity contribution in [1.29, 1.82) is 0 Å². The molecule has 1 N–H and O–H groups in total. The molecule has 0 bridgehead atoms. The minimum atomic E-state index is -0.355. The molecule has 0 aromatic heterocycles. The standard InChI is InChI=1S/C28H29N3O4/c1-20-7-3-5-9-24(20)29-28(32)14-12-21-11-13-25(26(19-21)31(33)34)30-17-15-22(16-18-30)23-8-4-6-10-27(23)35-2/h3-14,19,22H,15-18H2,1-2H3,(H,29,32). The Morgan fingerprint density at radius 3 is 2.51 bits per heavy atom. The van der Waals surface area contributed by atoms with E-state index in [0.29, 0.717) is 17.2 Å². The Bertz CT molecular complexity index is 1250. The minimum Gasteiger partial charge on any atom is -0.496 e. The number of hydrogen-bond acceptors (Lipinski definition) is 5. The summed E-state index contributed by atoms with van der Waals surface area (Å²) in [6.07, 6.45) is 4.76. The fourth-order valence-corrected chi connectivity index (χ4v) is 4.55. The summed E-state index contributed by atoms with van der Waals surface area (Å²) in [7, 11) is 1.68. The molecule has 1 heterocycles. The Labute approximate surface area is 205 Å². The Balaban J connectivity index is 1.45. The molecule has 7 heteroatoms. The van der Waals surface area contributed by atoms with E-state index in [0.717, 1.165) is 42.9 Å².